The van der Waals surface area contributed by atoms with Crippen molar-refractivity contribution in [3.05, 3.63) is 35.0 Å². The molecule has 3 rings (SSSR count). The van der Waals surface area contributed by atoms with Gasteiger partial charge in [0.05, 0.1) is 11.6 Å². The van der Waals surface area contributed by atoms with Gasteiger partial charge in [-0.1, -0.05) is 0 Å². The van der Waals surface area contributed by atoms with Crippen molar-refractivity contribution in [1.29, 1.82) is 5.26 Å². The highest BCUT2D eigenvalue weighted by Gasteiger charge is 2.18. The summed E-state index contributed by atoms with van der Waals surface area (Å²) in [6.45, 7) is 1.95. The molecular formula is C13H14N6. The molecule has 0 saturated carbocycles. The van der Waals surface area contributed by atoms with E-state index in [9.17, 15) is 5.26 Å². The fraction of sp³-hybridized carbons (Fsp3) is 0.385. The third kappa shape index (κ3) is 2.15. The van der Waals surface area contributed by atoms with Gasteiger partial charge in [0.1, 0.15) is 24.0 Å². The van der Waals surface area contributed by atoms with Gasteiger partial charge >= 0.3 is 0 Å². The highest BCUT2D eigenvalue weighted by atomic mass is 15.2. The zero-order valence-corrected chi connectivity index (χ0v) is 10.6. The summed E-state index contributed by atoms with van der Waals surface area (Å²) < 4.78 is 0. The topological polar surface area (TPSA) is 90.3 Å². The molecule has 0 fully saturated rings. The largest absolute Gasteiger partial charge is 0.359 e. The molecule has 6 heteroatoms. The minimum atomic E-state index is -0.0680. The number of rotatable bonds is 3. The van der Waals surface area contributed by atoms with Crippen molar-refractivity contribution in [2.24, 2.45) is 0 Å². The Bertz CT molecular complexity index is 625. The minimum Gasteiger partial charge on any atom is -0.359 e. The maximum absolute atomic E-state index is 9.23. The van der Waals surface area contributed by atoms with Crippen molar-refractivity contribution in [3.63, 3.8) is 0 Å². The first-order chi connectivity index (χ1) is 9.28. The van der Waals surface area contributed by atoms with Gasteiger partial charge in [-0.05, 0) is 37.8 Å². The molecule has 6 nitrogen and oxygen atoms in total. The van der Waals surface area contributed by atoms with Crippen LogP contribution in [0.1, 0.15) is 42.0 Å². The zero-order chi connectivity index (χ0) is 13.2. The summed E-state index contributed by atoms with van der Waals surface area (Å²) >= 11 is 0. The molecule has 1 aliphatic rings. The van der Waals surface area contributed by atoms with Crippen molar-refractivity contribution in [1.82, 2.24) is 20.2 Å². The number of nitrogens with one attached hydrogen (secondary N) is 2. The molecule has 0 bridgehead atoms. The van der Waals surface area contributed by atoms with E-state index in [0.717, 1.165) is 30.8 Å². The van der Waals surface area contributed by atoms with Gasteiger partial charge in [-0.2, -0.15) is 10.4 Å². The summed E-state index contributed by atoms with van der Waals surface area (Å²) in [5.41, 5.74) is 2.90. The fourth-order valence-corrected chi connectivity index (χ4v) is 2.36. The van der Waals surface area contributed by atoms with Gasteiger partial charge in [0.2, 0.25) is 0 Å². The van der Waals surface area contributed by atoms with Gasteiger partial charge in [0.25, 0.3) is 0 Å². The number of hydrogen-bond donors (Lipinski definition) is 2. The second-order valence-corrected chi connectivity index (χ2v) is 4.69. The third-order valence-corrected chi connectivity index (χ3v) is 3.37. The van der Waals surface area contributed by atoms with E-state index in [4.69, 9.17) is 0 Å². The number of fused-ring (bicyclic) bond motifs is 1. The van der Waals surface area contributed by atoms with Crippen molar-refractivity contribution in [2.75, 3.05) is 5.32 Å². The molecule has 0 amide bonds. The van der Waals surface area contributed by atoms with E-state index >= 15 is 0 Å². The molecule has 0 aliphatic heterocycles. The van der Waals surface area contributed by atoms with E-state index in [1.54, 1.807) is 0 Å². The summed E-state index contributed by atoms with van der Waals surface area (Å²) in [5, 5.41) is 19.1. The summed E-state index contributed by atoms with van der Waals surface area (Å²) in [5.74, 6) is 1.36. The number of H-pyrrole nitrogens is 1. The summed E-state index contributed by atoms with van der Waals surface area (Å²) in [4.78, 5) is 8.68. The minimum absolute atomic E-state index is 0.0680. The molecule has 0 radical (unpaired) electrons. The lowest BCUT2D eigenvalue weighted by atomic mass is 10.1. The maximum atomic E-state index is 9.23. The smallest absolute Gasteiger partial charge is 0.146 e. The van der Waals surface area contributed by atoms with E-state index < -0.39 is 0 Å². The Balaban J connectivity index is 1.90. The van der Waals surface area contributed by atoms with Crippen molar-refractivity contribution < 1.29 is 0 Å². The normalized spacial score (nSPS) is 14.7. The van der Waals surface area contributed by atoms with Gasteiger partial charge in [-0.15, -0.1) is 0 Å². The zero-order valence-electron chi connectivity index (χ0n) is 10.6. The van der Waals surface area contributed by atoms with Crippen molar-refractivity contribution in [3.8, 4) is 6.07 Å². The SMILES string of the molecule is CC(Nc1nc2c(cc1C#N)CCC2)c1ncn[nH]1. The molecule has 96 valence electrons. The molecule has 19 heavy (non-hydrogen) atoms. The Morgan fingerprint density at radius 2 is 2.37 bits per heavy atom. The molecule has 1 aliphatic carbocycles. The van der Waals surface area contributed by atoms with Crippen molar-refractivity contribution in [2.45, 2.75) is 32.2 Å². The Kier molecular flexibility index (Phi) is 2.88. The van der Waals surface area contributed by atoms with Crippen LogP contribution in [-0.2, 0) is 12.8 Å². The van der Waals surface area contributed by atoms with Crippen LogP contribution in [0.25, 0.3) is 0 Å². The number of nitrogens with zero attached hydrogens (tertiary/aromatic N) is 4. The molecule has 0 aromatic carbocycles. The monoisotopic (exact) mass is 254 g/mol. The molecule has 2 heterocycles. The Morgan fingerprint density at radius 3 is 3.11 bits per heavy atom. The molecular weight excluding hydrogens is 240 g/mol. The first-order valence-electron chi connectivity index (χ1n) is 6.32. The number of pyridine rings is 1. The van der Waals surface area contributed by atoms with Crippen LogP contribution in [-0.4, -0.2) is 20.2 Å². The second-order valence-electron chi connectivity index (χ2n) is 4.69. The van der Waals surface area contributed by atoms with Crippen LogP contribution < -0.4 is 5.32 Å². The highest BCUT2D eigenvalue weighted by Crippen LogP contribution is 2.26. The molecule has 0 spiro atoms. The van der Waals surface area contributed by atoms with E-state index in [1.807, 2.05) is 13.0 Å². The lowest BCUT2D eigenvalue weighted by Gasteiger charge is -2.14. The quantitative estimate of drug-likeness (QED) is 0.870. The number of nitriles is 1. The lowest BCUT2D eigenvalue weighted by Crippen LogP contribution is -2.12. The molecule has 1 atom stereocenters. The number of aromatic nitrogens is 4. The van der Waals surface area contributed by atoms with Crippen LogP contribution in [0, 0.1) is 11.3 Å². The van der Waals surface area contributed by atoms with Crippen LogP contribution >= 0.6 is 0 Å². The molecule has 2 aromatic rings. The van der Waals surface area contributed by atoms with Gasteiger partial charge < -0.3 is 5.32 Å². The maximum Gasteiger partial charge on any atom is 0.146 e. The average molecular weight is 254 g/mol. The predicted octanol–water partition coefficient (Wildman–Crippen LogP) is 1.73. The average Bonchev–Trinajstić information content (AvgIpc) is 3.08. The van der Waals surface area contributed by atoms with Crippen molar-refractivity contribution >= 4 is 5.82 Å². The van der Waals surface area contributed by atoms with E-state index in [0.29, 0.717) is 11.4 Å². The standard InChI is InChI=1S/C13H14N6/c1-8(12-15-7-16-19-12)17-13-10(6-14)5-9-3-2-4-11(9)18-13/h5,7-8H,2-4H2,1H3,(H,17,18)(H,15,16,19). The van der Waals surface area contributed by atoms with Crippen LogP contribution in [0.4, 0.5) is 5.82 Å². The fourth-order valence-electron chi connectivity index (χ4n) is 2.36. The van der Waals surface area contributed by atoms with Gasteiger partial charge in [-0.3, -0.25) is 5.10 Å². The van der Waals surface area contributed by atoms with Crippen LogP contribution in [0.2, 0.25) is 0 Å². The van der Waals surface area contributed by atoms with Gasteiger partial charge in [0.15, 0.2) is 0 Å². The number of aryl methyl sites for hydroxylation is 2. The van der Waals surface area contributed by atoms with E-state index in [1.165, 1.54) is 11.9 Å². The first kappa shape index (κ1) is 11.7. The lowest BCUT2D eigenvalue weighted by molar-refractivity contribution is 0.787. The van der Waals surface area contributed by atoms with Crippen LogP contribution in [0.15, 0.2) is 12.4 Å². The number of aromatic amines is 1. The summed E-state index contributed by atoms with van der Waals surface area (Å²) in [7, 11) is 0. The second kappa shape index (κ2) is 4.69. The highest BCUT2D eigenvalue weighted by molar-refractivity contribution is 5.55. The third-order valence-electron chi connectivity index (χ3n) is 3.37. The summed E-state index contributed by atoms with van der Waals surface area (Å²) in [6, 6.07) is 4.09. The molecule has 1 unspecified atom stereocenters. The Hall–Kier alpha value is -2.42. The van der Waals surface area contributed by atoms with Crippen LogP contribution in [0.3, 0.4) is 0 Å². The number of hydrogen-bond acceptors (Lipinski definition) is 5. The summed E-state index contributed by atoms with van der Waals surface area (Å²) in [6.07, 6.45) is 4.60. The van der Waals surface area contributed by atoms with Gasteiger partial charge in [0, 0.05) is 5.69 Å². The molecule has 2 N–H and O–H groups in total. The molecule has 0 saturated heterocycles. The predicted molar refractivity (Wildman–Crippen MR) is 69.4 cm³/mol. The van der Waals surface area contributed by atoms with E-state index in [2.05, 4.69) is 31.6 Å². The molecule has 2 aromatic heterocycles. The van der Waals surface area contributed by atoms with Gasteiger partial charge in [-0.25, -0.2) is 9.97 Å². The van der Waals surface area contributed by atoms with Crippen LogP contribution in [0.5, 0.6) is 0 Å². The Labute approximate surface area is 110 Å². The number of anilines is 1. The Morgan fingerprint density at radius 1 is 1.47 bits per heavy atom. The first-order valence-corrected chi connectivity index (χ1v) is 6.32. The van der Waals surface area contributed by atoms with E-state index in [-0.39, 0.29) is 6.04 Å².